The maximum absolute atomic E-state index is 13.9. The predicted molar refractivity (Wildman–Crippen MR) is 129 cm³/mol. The second-order valence-electron chi connectivity index (χ2n) is 7.88. The van der Waals surface area contributed by atoms with Crippen molar-refractivity contribution in [1.82, 2.24) is 4.98 Å². The van der Waals surface area contributed by atoms with Crippen molar-refractivity contribution in [3.05, 3.63) is 92.7 Å². The minimum atomic E-state index is -1.43. The van der Waals surface area contributed by atoms with Gasteiger partial charge in [0.05, 0.1) is 40.9 Å². The lowest BCUT2D eigenvalue weighted by Gasteiger charge is -2.09. The van der Waals surface area contributed by atoms with E-state index in [0.717, 1.165) is 6.20 Å². The van der Waals surface area contributed by atoms with Crippen LogP contribution in [0.1, 0.15) is 33.1 Å². The quantitative estimate of drug-likeness (QED) is 0.279. The first-order valence-electron chi connectivity index (χ1n) is 10.0. The highest BCUT2D eigenvalue weighted by Crippen LogP contribution is 2.65. The molecule has 4 rings (SSSR count). The third kappa shape index (κ3) is 5.26. The van der Waals surface area contributed by atoms with Crippen LogP contribution in [-0.2, 0) is 11.2 Å². The molecule has 2 atom stereocenters. The number of rotatable bonds is 6. The van der Waals surface area contributed by atoms with Gasteiger partial charge in [0, 0.05) is 28.3 Å². The van der Waals surface area contributed by atoms with Gasteiger partial charge in [0.2, 0.25) is 5.91 Å². The lowest BCUT2D eigenvalue weighted by molar-refractivity contribution is -0.117. The Kier molecular flexibility index (Phi) is 7.03. The van der Waals surface area contributed by atoms with Crippen LogP contribution in [0, 0.1) is 28.9 Å². The number of nitrogens with one attached hydrogen (secondary N) is 1. The van der Waals surface area contributed by atoms with Gasteiger partial charge in [0.1, 0.15) is 16.0 Å². The molecule has 0 bridgehead atoms. The second kappa shape index (κ2) is 9.71. The molecule has 1 aromatic heterocycles. The summed E-state index contributed by atoms with van der Waals surface area (Å²) in [4.78, 5) is 29.3. The average molecular weight is 555 g/mol. The molecule has 2 aromatic carbocycles. The number of nitriles is 1. The van der Waals surface area contributed by atoms with Gasteiger partial charge in [0.15, 0.2) is 5.78 Å². The molecule has 0 aliphatic heterocycles. The van der Waals surface area contributed by atoms with Gasteiger partial charge in [-0.3, -0.25) is 14.6 Å². The summed E-state index contributed by atoms with van der Waals surface area (Å²) < 4.78 is 25.5. The fourth-order valence-electron chi connectivity index (χ4n) is 3.78. The molecule has 1 heterocycles. The molecule has 1 N–H and O–H groups in total. The van der Waals surface area contributed by atoms with E-state index < -0.39 is 45.9 Å². The molecule has 1 aliphatic carbocycles. The average Bonchev–Trinajstić information content (AvgIpc) is 3.38. The number of aromatic nitrogens is 1. The van der Waals surface area contributed by atoms with Crippen LogP contribution in [-0.4, -0.2) is 21.0 Å². The van der Waals surface area contributed by atoms with E-state index in [4.69, 9.17) is 51.7 Å². The number of amides is 1. The zero-order valence-corrected chi connectivity index (χ0v) is 20.5. The van der Waals surface area contributed by atoms with E-state index in [1.54, 1.807) is 12.1 Å². The number of pyridine rings is 1. The molecule has 0 radical (unpaired) electrons. The molecule has 5 nitrogen and oxygen atoms in total. The van der Waals surface area contributed by atoms with Crippen LogP contribution in [0.5, 0.6) is 0 Å². The largest absolute Gasteiger partial charge is 0.326 e. The number of Topliss-reactive ketones (excluding diaryl/α,β-unsaturated/α-hetero) is 1. The Morgan fingerprint density at radius 3 is 2.54 bits per heavy atom. The van der Waals surface area contributed by atoms with Crippen molar-refractivity contribution in [2.45, 2.75) is 16.7 Å². The van der Waals surface area contributed by atoms with Crippen LogP contribution in [0.25, 0.3) is 0 Å². The SMILES string of the molecule is N#Cc1cc(Cl)cc(C2C(C(=O)Nc3ccc(Cl)c(C(=O)Cc4ncc(F)cc4F)c3)C2(Cl)Cl)c1. The van der Waals surface area contributed by atoms with Crippen molar-refractivity contribution in [2.75, 3.05) is 5.32 Å². The highest BCUT2D eigenvalue weighted by Gasteiger charge is 2.67. The van der Waals surface area contributed by atoms with Gasteiger partial charge in [-0.25, -0.2) is 8.78 Å². The highest BCUT2D eigenvalue weighted by molar-refractivity contribution is 6.53. The maximum atomic E-state index is 13.9. The smallest absolute Gasteiger partial charge is 0.231 e. The fourth-order valence-corrected chi connectivity index (χ4v) is 5.08. The summed E-state index contributed by atoms with van der Waals surface area (Å²) in [7, 11) is 0. The van der Waals surface area contributed by atoms with E-state index in [9.17, 15) is 18.4 Å². The van der Waals surface area contributed by atoms with Crippen LogP contribution >= 0.6 is 46.4 Å². The van der Waals surface area contributed by atoms with E-state index in [2.05, 4.69) is 10.3 Å². The summed E-state index contributed by atoms with van der Waals surface area (Å²) in [6.45, 7) is 0. The van der Waals surface area contributed by atoms with Crippen molar-refractivity contribution in [2.24, 2.45) is 5.92 Å². The minimum Gasteiger partial charge on any atom is -0.326 e. The Balaban J connectivity index is 1.52. The van der Waals surface area contributed by atoms with Gasteiger partial charge in [-0.2, -0.15) is 5.26 Å². The molecule has 1 fully saturated rings. The minimum absolute atomic E-state index is 0.0128. The Bertz CT molecular complexity index is 1410. The van der Waals surface area contributed by atoms with E-state index in [-0.39, 0.29) is 22.0 Å². The lowest BCUT2D eigenvalue weighted by Crippen LogP contribution is -2.17. The molecular weight excluding hydrogens is 542 g/mol. The van der Waals surface area contributed by atoms with Gasteiger partial charge >= 0.3 is 0 Å². The Morgan fingerprint density at radius 2 is 1.86 bits per heavy atom. The van der Waals surface area contributed by atoms with Crippen LogP contribution in [0.15, 0.2) is 48.7 Å². The van der Waals surface area contributed by atoms with Gasteiger partial charge in [-0.1, -0.05) is 23.2 Å². The Hall–Kier alpha value is -2.76. The van der Waals surface area contributed by atoms with Crippen LogP contribution < -0.4 is 5.32 Å². The summed E-state index contributed by atoms with van der Waals surface area (Å²) >= 11 is 24.9. The lowest BCUT2D eigenvalue weighted by atomic mass is 10.0. The van der Waals surface area contributed by atoms with E-state index in [1.807, 2.05) is 6.07 Å². The molecule has 178 valence electrons. The van der Waals surface area contributed by atoms with Crippen molar-refractivity contribution < 1.29 is 18.4 Å². The zero-order valence-electron chi connectivity index (χ0n) is 17.5. The molecule has 1 amide bonds. The number of anilines is 1. The normalized spacial score (nSPS) is 18.0. The monoisotopic (exact) mass is 553 g/mol. The number of nitrogens with zero attached hydrogens (tertiary/aromatic N) is 2. The number of halogens is 6. The topological polar surface area (TPSA) is 82.9 Å². The molecule has 0 saturated heterocycles. The van der Waals surface area contributed by atoms with Crippen LogP contribution in [0.2, 0.25) is 10.0 Å². The van der Waals surface area contributed by atoms with Crippen molar-refractivity contribution >= 4 is 63.8 Å². The molecule has 11 heteroatoms. The molecule has 1 aliphatic rings. The predicted octanol–water partition coefficient (Wildman–Crippen LogP) is 6.49. The summed E-state index contributed by atoms with van der Waals surface area (Å²) in [5, 5.41) is 12.2. The first kappa shape index (κ1) is 25.3. The van der Waals surface area contributed by atoms with Gasteiger partial charge in [0.25, 0.3) is 0 Å². The van der Waals surface area contributed by atoms with Gasteiger partial charge in [-0.05, 0) is 42.0 Å². The van der Waals surface area contributed by atoms with Crippen LogP contribution in [0.4, 0.5) is 14.5 Å². The Morgan fingerprint density at radius 1 is 1.11 bits per heavy atom. The molecule has 1 saturated carbocycles. The summed E-state index contributed by atoms with van der Waals surface area (Å²) in [5.41, 5.74) is 0.846. The number of hydrogen-bond acceptors (Lipinski definition) is 4. The van der Waals surface area contributed by atoms with E-state index in [0.29, 0.717) is 22.2 Å². The van der Waals surface area contributed by atoms with Crippen molar-refractivity contribution in [1.29, 1.82) is 5.26 Å². The highest BCUT2D eigenvalue weighted by atomic mass is 35.5. The van der Waals surface area contributed by atoms with E-state index >= 15 is 0 Å². The molecule has 0 spiro atoms. The van der Waals surface area contributed by atoms with E-state index in [1.165, 1.54) is 24.3 Å². The molecule has 35 heavy (non-hydrogen) atoms. The van der Waals surface area contributed by atoms with Gasteiger partial charge < -0.3 is 5.32 Å². The first-order valence-corrected chi connectivity index (χ1v) is 11.5. The summed E-state index contributed by atoms with van der Waals surface area (Å²) in [6, 6.07) is 11.4. The number of carbonyl (C=O) groups excluding carboxylic acids is 2. The Labute approximate surface area is 218 Å². The number of hydrogen-bond donors (Lipinski definition) is 1. The molecule has 2 unspecified atom stereocenters. The summed E-state index contributed by atoms with van der Waals surface area (Å²) in [5.74, 6) is -4.40. The third-order valence-electron chi connectivity index (χ3n) is 5.49. The first-order chi connectivity index (χ1) is 16.5. The second-order valence-corrected chi connectivity index (χ2v) is 10.2. The van der Waals surface area contributed by atoms with Crippen molar-refractivity contribution in [3.63, 3.8) is 0 Å². The number of carbonyl (C=O) groups is 2. The van der Waals surface area contributed by atoms with Crippen molar-refractivity contribution in [3.8, 4) is 6.07 Å². The maximum Gasteiger partial charge on any atom is 0.231 e. The number of benzene rings is 2. The van der Waals surface area contributed by atoms with Crippen LogP contribution in [0.3, 0.4) is 0 Å². The number of ketones is 1. The molecular formula is C24H13Cl4F2N3O2. The standard InChI is InChI=1S/C24H13Cl4F2N3O2/c25-13-4-11(9-31)3-12(5-13)21-22(24(21,27)28)23(35)33-15-1-2-17(26)16(7-15)20(34)8-19-18(30)6-14(29)10-32-19/h1-7,10,21-22H,8H2,(H,33,35). The third-order valence-corrected chi connectivity index (χ3v) is 6.98. The molecule has 3 aromatic rings. The summed E-state index contributed by atoms with van der Waals surface area (Å²) in [6.07, 6.45) is 0.344. The number of alkyl halides is 2. The zero-order chi connectivity index (χ0) is 25.5. The fraction of sp³-hybridized carbons (Fsp3) is 0.167. The van der Waals surface area contributed by atoms with Gasteiger partial charge in [-0.15, -0.1) is 23.2 Å².